The number of carbonyl (C=O) groups excluding carboxylic acids is 1. The number of aryl methyl sites for hydroxylation is 2. The van der Waals surface area contributed by atoms with E-state index in [0.717, 1.165) is 33.3 Å². The summed E-state index contributed by atoms with van der Waals surface area (Å²) in [5, 5.41) is 5.05. The number of furan rings is 1. The number of hydrogen-bond donors (Lipinski definition) is 2. The Morgan fingerprint density at radius 1 is 1.12 bits per heavy atom. The average Bonchev–Trinajstić information content (AvgIpc) is 3.13. The molecule has 4 rings (SSSR count). The van der Waals surface area contributed by atoms with Gasteiger partial charge in [0, 0.05) is 27.5 Å². The van der Waals surface area contributed by atoms with E-state index in [9.17, 15) is 4.79 Å². The zero-order valence-corrected chi connectivity index (χ0v) is 13.6. The third kappa shape index (κ3) is 2.46. The molecule has 0 saturated heterocycles. The van der Waals surface area contributed by atoms with Gasteiger partial charge in [-0.05, 0) is 49.7 Å². The molecule has 4 nitrogen and oxygen atoms in total. The standard InChI is InChI=1S/C20H18N2O2/c1-12-13(2)22-18-8-7-15(10-17(12)18)20(23)21-11-16-9-14-5-3-4-6-19(14)24-16/h3-10,22H,11H2,1-2H3,(H,21,23). The lowest BCUT2D eigenvalue weighted by atomic mass is 10.1. The molecule has 2 heterocycles. The first-order chi connectivity index (χ1) is 11.6. The quantitative estimate of drug-likeness (QED) is 0.586. The van der Waals surface area contributed by atoms with E-state index in [2.05, 4.69) is 17.2 Å². The predicted molar refractivity (Wildman–Crippen MR) is 95.2 cm³/mol. The van der Waals surface area contributed by atoms with Gasteiger partial charge >= 0.3 is 0 Å². The molecule has 0 spiro atoms. The van der Waals surface area contributed by atoms with Crippen molar-refractivity contribution in [3.8, 4) is 0 Å². The third-order valence-electron chi connectivity index (χ3n) is 4.47. The second-order valence-corrected chi connectivity index (χ2v) is 6.07. The fraction of sp³-hybridized carbons (Fsp3) is 0.150. The molecule has 1 amide bonds. The fourth-order valence-electron chi connectivity index (χ4n) is 3.00. The minimum atomic E-state index is -0.101. The molecule has 0 aliphatic rings. The van der Waals surface area contributed by atoms with E-state index in [-0.39, 0.29) is 5.91 Å². The van der Waals surface area contributed by atoms with Gasteiger partial charge in [0.2, 0.25) is 0 Å². The van der Waals surface area contributed by atoms with Gasteiger partial charge in [-0.1, -0.05) is 18.2 Å². The number of H-pyrrole nitrogens is 1. The summed E-state index contributed by atoms with van der Waals surface area (Å²) in [7, 11) is 0. The number of para-hydroxylation sites is 1. The van der Waals surface area contributed by atoms with Gasteiger partial charge in [0.1, 0.15) is 11.3 Å². The van der Waals surface area contributed by atoms with Crippen molar-refractivity contribution in [1.29, 1.82) is 0 Å². The molecule has 0 saturated carbocycles. The maximum atomic E-state index is 12.4. The lowest BCUT2D eigenvalue weighted by molar-refractivity contribution is 0.0948. The number of nitrogens with one attached hydrogen (secondary N) is 2. The Morgan fingerprint density at radius 3 is 2.79 bits per heavy atom. The predicted octanol–water partition coefficient (Wildman–Crippen LogP) is 4.46. The molecular formula is C20H18N2O2. The van der Waals surface area contributed by atoms with Crippen LogP contribution in [0.25, 0.3) is 21.9 Å². The monoisotopic (exact) mass is 318 g/mol. The molecular weight excluding hydrogens is 300 g/mol. The number of amides is 1. The number of aromatic nitrogens is 1. The molecule has 4 aromatic rings. The molecule has 2 aromatic carbocycles. The van der Waals surface area contributed by atoms with Gasteiger partial charge in [0.15, 0.2) is 0 Å². The Morgan fingerprint density at radius 2 is 1.96 bits per heavy atom. The Labute approximate surface area is 139 Å². The summed E-state index contributed by atoms with van der Waals surface area (Å²) >= 11 is 0. The van der Waals surface area contributed by atoms with Crippen LogP contribution in [0.2, 0.25) is 0 Å². The van der Waals surface area contributed by atoms with Crippen LogP contribution in [0.4, 0.5) is 0 Å². The molecule has 2 aromatic heterocycles. The van der Waals surface area contributed by atoms with Gasteiger partial charge in [-0.15, -0.1) is 0 Å². The summed E-state index contributed by atoms with van der Waals surface area (Å²) in [6.45, 7) is 4.47. The number of hydrogen-bond acceptors (Lipinski definition) is 2. The maximum absolute atomic E-state index is 12.4. The molecule has 0 radical (unpaired) electrons. The summed E-state index contributed by atoms with van der Waals surface area (Å²) in [6.07, 6.45) is 0. The van der Waals surface area contributed by atoms with Crippen molar-refractivity contribution in [2.24, 2.45) is 0 Å². The van der Waals surface area contributed by atoms with Crippen LogP contribution < -0.4 is 5.32 Å². The highest BCUT2D eigenvalue weighted by Crippen LogP contribution is 2.23. The van der Waals surface area contributed by atoms with Crippen molar-refractivity contribution >= 4 is 27.8 Å². The SMILES string of the molecule is Cc1[nH]c2ccc(C(=O)NCc3cc4ccccc4o3)cc2c1C. The molecule has 0 aliphatic heterocycles. The lowest BCUT2D eigenvalue weighted by Gasteiger charge is -2.04. The van der Waals surface area contributed by atoms with E-state index in [4.69, 9.17) is 4.42 Å². The van der Waals surface area contributed by atoms with E-state index in [1.807, 2.05) is 55.5 Å². The van der Waals surface area contributed by atoms with Crippen LogP contribution in [-0.2, 0) is 6.54 Å². The highest BCUT2D eigenvalue weighted by atomic mass is 16.3. The highest BCUT2D eigenvalue weighted by molar-refractivity contribution is 5.99. The normalized spacial score (nSPS) is 11.2. The zero-order valence-electron chi connectivity index (χ0n) is 13.6. The number of rotatable bonds is 3. The van der Waals surface area contributed by atoms with Crippen molar-refractivity contribution in [2.45, 2.75) is 20.4 Å². The first-order valence-corrected chi connectivity index (χ1v) is 7.96. The van der Waals surface area contributed by atoms with E-state index in [1.165, 1.54) is 5.56 Å². The van der Waals surface area contributed by atoms with Crippen LogP contribution in [0.5, 0.6) is 0 Å². The largest absolute Gasteiger partial charge is 0.459 e. The molecule has 4 heteroatoms. The van der Waals surface area contributed by atoms with Crippen LogP contribution >= 0.6 is 0 Å². The first-order valence-electron chi connectivity index (χ1n) is 7.96. The van der Waals surface area contributed by atoms with Gasteiger partial charge in [0.25, 0.3) is 5.91 Å². The molecule has 120 valence electrons. The number of fused-ring (bicyclic) bond motifs is 2. The molecule has 24 heavy (non-hydrogen) atoms. The molecule has 0 unspecified atom stereocenters. The average molecular weight is 318 g/mol. The van der Waals surface area contributed by atoms with Crippen LogP contribution in [0, 0.1) is 13.8 Å². The third-order valence-corrected chi connectivity index (χ3v) is 4.47. The van der Waals surface area contributed by atoms with Crippen LogP contribution in [-0.4, -0.2) is 10.9 Å². The molecule has 2 N–H and O–H groups in total. The van der Waals surface area contributed by atoms with Gasteiger partial charge in [-0.2, -0.15) is 0 Å². The fourth-order valence-corrected chi connectivity index (χ4v) is 3.00. The van der Waals surface area contributed by atoms with Crippen molar-refractivity contribution in [2.75, 3.05) is 0 Å². The Kier molecular flexibility index (Phi) is 3.38. The second kappa shape index (κ2) is 5.57. The van der Waals surface area contributed by atoms with Gasteiger partial charge in [-0.3, -0.25) is 4.79 Å². The molecule has 0 fully saturated rings. The molecule has 0 bridgehead atoms. The molecule has 0 atom stereocenters. The number of benzene rings is 2. The van der Waals surface area contributed by atoms with Crippen LogP contribution in [0.3, 0.4) is 0 Å². The second-order valence-electron chi connectivity index (χ2n) is 6.07. The van der Waals surface area contributed by atoms with E-state index in [1.54, 1.807) is 0 Å². The van der Waals surface area contributed by atoms with Crippen molar-refractivity contribution in [1.82, 2.24) is 10.3 Å². The Balaban J connectivity index is 1.54. The van der Waals surface area contributed by atoms with Crippen LogP contribution in [0.15, 0.2) is 52.9 Å². The number of carbonyl (C=O) groups is 1. The summed E-state index contributed by atoms with van der Waals surface area (Å²) < 4.78 is 5.73. The molecule has 0 aliphatic carbocycles. The topological polar surface area (TPSA) is 58.0 Å². The van der Waals surface area contributed by atoms with Crippen LogP contribution in [0.1, 0.15) is 27.4 Å². The van der Waals surface area contributed by atoms with E-state index in [0.29, 0.717) is 12.1 Å². The summed E-state index contributed by atoms with van der Waals surface area (Å²) in [5.74, 6) is 0.648. The zero-order chi connectivity index (χ0) is 16.7. The summed E-state index contributed by atoms with van der Waals surface area (Å²) in [4.78, 5) is 15.8. The van der Waals surface area contributed by atoms with Crippen molar-refractivity contribution in [3.05, 3.63) is 71.1 Å². The lowest BCUT2D eigenvalue weighted by Crippen LogP contribution is -2.22. The smallest absolute Gasteiger partial charge is 0.251 e. The number of aromatic amines is 1. The highest BCUT2D eigenvalue weighted by Gasteiger charge is 2.11. The minimum absolute atomic E-state index is 0.101. The van der Waals surface area contributed by atoms with Gasteiger partial charge in [-0.25, -0.2) is 0 Å². The maximum Gasteiger partial charge on any atom is 0.251 e. The summed E-state index contributed by atoms with van der Waals surface area (Å²) in [5.41, 5.74) is 4.85. The Hall–Kier alpha value is -3.01. The van der Waals surface area contributed by atoms with E-state index < -0.39 is 0 Å². The van der Waals surface area contributed by atoms with Gasteiger partial charge < -0.3 is 14.7 Å². The van der Waals surface area contributed by atoms with Gasteiger partial charge in [0.05, 0.1) is 6.54 Å². The van der Waals surface area contributed by atoms with E-state index >= 15 is 0 Å². The first kappa shape index (κ1) is 14.6. The Bertz CT molecular complexity index is 1020. The van der Waals surface area contributed by atoms with Crippen molar-refractivity contribution < 1.29 is 9.21 Å². The van der Waals surface area contributed by atoms with Crippen molar-refractivity contribution in [3.63, 3.8) is 0 Å². The summed E-state index contributed by atoms with van der Waals surface area (Å²) in [6, 6.07) is 15.5. The minimum Gasteiger partial charge on any atom is -0.459 e.